The average molecular weight is 263 g/mol. The molecule has 1 aromatic heterocycles. The first-order valence-corrected chi connectivity index (χ1v) is 5.72. The molecule has 5 heteroatoms. The van der Waals surface area contributed by atoms with Crippen LogP contribution in [0.2, 0.25) is 5.02 Å². The summed E-state index contributed by atoms with van der Waals surface area (Å²) in [5.41, 5.74) is 1.39. The summed E-state index contributed by atoms with van der Waals surface area (Å²) < 4.78 is 0. The predicted octanol–water partition coefficient (Wildman–Crippen LogP) is 3.05. The standard InChI is InChI=1S/C13H11ClN2O2/c14-10-5-3-6-11(12(10)13(17)18)16-8-9-4-1-2-7-15-9/h1-7,16H,8H2,(H,17,18). The highest BCUT2D eigenvalue weighted by Crippen LogP contribution is 2.24. The summed E-state index contributed by atoms with van der Waals surface area (Å²) in [6.45, 7) is 0.446. The van der Waals surface area contributed by atoms with Crippen LogP contribution in [0, 0.1) is 0 Å². The molecule has 0 saturated heterocycles. The Morgan fingerprint density at radius 3 is 2.78 bits per heavy atom. The average Bonchev–Trinajstić information content (AvgIpc) is 2.37. The molecule has 0 fully saturated rings. The molecule has 2 aromatic rings. The summed E-state index contributed by atoms with van der Waals surface area (Å²) in [5, 5.41) is 12.3. The van der Waals surface area contributed by atoms with Crippen LogP contribution in [-0.4, -0.2) is 16.1 Å². The molecule has 0 aliphatic heterocycles. The van der Waals surface area contributed by atoms with Crippen molar-refractivity contribution >= 4 is 23.3 Å². The number of carboxylic acids is 1. The van der Waals surface area contributed by atoms with Crippen LogP contribution in [0.15, 0.2) is 42.6 Å². The van der Waals surface area contributed by atoms with Gasteiger partial charge in [-0.25, -0.2) is 4.79 Å². The van der Waals surface area contributed by atoms with Crippen LogP contribution in [0.4, 0.5) is 5.69 Å². The number of carboxylic acid groups (broad SMARTS) is 1. The number of carbonyl (C=O) groups is 1. The second kappa shape index (κ2) is 5.51. The summed E-state index contributed by atoms with van der Waals surface area (Å²) in [6, 6.07) is 10.5. The number of nitrogens with one attached hydrogen (secondary N) is 1. The molecule has 0 aliphatic carbocycles. The van der Waals surface area contributed by atoms with Crippen LogP contribution >= 0.6 is 11.6 Å². The van der Waals surface area contributed by atoms with E-state index in [1.165, 1.54) is 0 Å². The maximum Gasteiger partial charge on any atom is 0.339 e. The Morgan fingerprint density at radius 2 is 2.11 bits per heavy atom. The molecule has 0 amide bonds. The summed E-state index contributed by atoms with van der Waals surface area (Å²) in [5.74, 6) is -1.05. The third-order valence-corrected chi connectivity index (χ3v) is 2.73. The molecule has 0 atom stereocenters. The topological polar surface area (TPSA) is 62.2 Å². The zero-order valence-corrected chi connectivity index (χ0v) is 10.2. The van der Waals surface area contributed by atoms with Crippen molar-refractivity contribution in [2.24, 2.45) is 0 Å². The number of hydrogen-bond donors (Lipinski definition) is 2. The number of nitrogens with zero attached hydrogens (tertiary/aromatic N) is 1. The zero-order valence-electron chi connectivity index (χ0n) is 9.43. The Hall–Kier alpha value is -2.07. The molecular weight excluding hydrogens is 252 g/mol. The van der Waals surface area contributed by atoms with Gasteiger partial charge in [0.25, 0.3) is 0 Å². The Kier molecular flexibility index (Phi) is 3.79. The van der Waals surface area contributed by atoms with Crippen molar-refractivity contribution in [2.75, 3.05) is 5.32 Å². The Balaban J connectivity index is 2.20. The van der Waals surface area contributed by atoms with Gasteiger partial charge in [-0.15, -0.1) is 0 Å². The number of pyridine rings is 1. The number of anilines is 1. The molecule has 0 saturated carbocycles. The van der Waals surface area contributed by atoms with Crippen molar-refractivity contribution in [1.29, 1.82) is 0 Å². The smallest absolute Gasteiger partial charge is 0.339 e. The molecule has 2 rings (SSSR count). The number of aromatic nitrogens is 1. The number of hydrogen-bond acceptors (Lipinski definition) is 3. The number of halogens is 1. The number of benzene rings is 1. The minimum Gasteiger partial charge on any atom is -0.478 e. The molecule has 1 heterocycles. The Bertz CT molecular complexity index is 558. The van der Waals surface area contributed by atoms with Crippen LogP contribution in [0.5, 0.6) is 0 Å². The third kappa shape index (κ3) is 2.78. The van der Waals surface area contributed by atoms with Crippen LogP contribution < -0.4 is 5.32 Å². The molecule has 0 bridgehead atoms. The first kappa shape index (κ1) is 12.4. The van der Waals surface area contributed by atoms with Gasteiger partial charge in [0.15, 0.2) is 0 Å². The van der Waals surface area contributed by atoms with Crippen molar-refractivity contribution < 1.29 is 9.90 Å². The van der Waals surface area contributed by atoms with E-state index in [-0.39, 0.29) is 10.6 Å². The van der Waals surface area contributed by atoms with Crippen molar-refractivity contribution in [1.82, 2.24) is 4.98 Å². The van der Waals surface area contributed by atoms with Crippen molar-refractivity contribution in [2.45, 2.75) is 6.54 Å². The molecule has 18 heavy (non-hydrogen) atoms. The normalized spacial score (nSPS) is 10.1. The van der Waals surface area contributed by atoms with Crippen LogP contribution in [0.3, 0.4) is 0 Å². The van der Waals surface area contributed by atoms with Gasteiger partial charge in [0.05, 0.1) is 22.9 Å². The van der Waals surface area contributed by atoms with Gasteiger partial charge in [0.2, 0.25) is 0 Å². The van der Waals surface area contributed by atoms with Crippen LogP contribution in [0.25, 0.3) is 0 Å². The van der Waals surface area contributed by atoms with Gasteiger partial charge in [-0.1, -0.05) is 23.7 Å². The highest BCUT2D eigenvalue weighted by molar-refractivity contribution is 6.34. The van der Waals surface area contributed by atoms with Gasteiger partial charge in [0, 0.05) is 6.20 Å². The molecule has 0 aliphatic rings. The van der Waals surface area contributed by atoms with E-state index in [0.717, 1.165) is 5.69 Å². The lowest BCUT2D eigenvalue weighted by atomic mass is 10.1. The maximum absolute atomic E-state index is 11.1. The maximum atomic E-state index is 11.1. The van der Waals surface area contributed by atoms with Crippen LogP contribution in [-0.2, 0) is 6.54 Å². The fourth-order valence-electron chi connectivity index (χ4n) is 1.58. The van der Waals surface area contributed by atoms with E-state index < -0.39 is 5.97 Å². The monoisotopic (exact) mass is 262 g/mol. The SMILES string of the molecule is O=C(O)c1c(Cl)cccc1NCc1ccccn1. The lowest BCUT2D eigenvalue weighted by Gasteiger charge is -2.10. The van der Waals surface area contributed by atoms with Crippen molar-refractivity contribution in [3.63, 3.8) is 0 Å². The lowest BCUT2D eigenvalue weighted by Crippen LogP contribution is -2.07. The third-order valence-electron chi connectivity index (χ3n) is 2.41. The minimum atomic E-state index is -1.05. The Labute approximate surface area is 109 Å². The minimum absolute atomic E-state index is 0.0788. The van der Waals surface area contributed by atoms with Crippen molar-refractivity contribution in [3.8, 4) is 0 Å². The molecule has 1 aromatic carbocycles. The van der Waals surface area contributed by atoms with E-state index in [1.807, 2.05) is 18.2 Å². The van der Waals surface area contributed by atoms with Gasteiger partial charge < -0.3 is 10.4 Å². The van der Waals surface area contributed by atoms with Gasteiger partial charge in [-0.2, -0.15) is 0 Å². The van der Waals surface area contributed by atoms with E-state index in [4.69, 9.17) is 16.7 Å². The van der Waals surface area contributed by atoms with Gasteiger partial charge in [0.1, 0.15) is 5.56 Å². The zero-order chi connectivity index (χ0) is 13.0. The van der Waals surface area contributed by atoms with Gasteiger partial charge >= 0.3 is 5.97 Å². The molecule has 0 radical (unpaired) electrons. The lowest BCUT2D eigenvalue weighted by molar-refractivity contribution is 0.0698. The quantitative estimate of drug-likeness (QED) is 0.889. The summed E-state index contributed by atoms with van der Waals surface area (Å²) in [7, 11) is 0. The molecule has 2 N–H and O–H groups in total. The number of rotatable bonds is 4. The van der Waals surface area contributed by atoms with Gasteiger partial charge in [-0.05, 0) is 24.3 Å². The van der Waals surface area contributed by atoms with E-state index in [9.17, 15) is 4.79 Å². The second-order valence-corrected chi connectivity index (χ2v) is 4.05. The van der Waals surface area contributed by atoms with Crippen LogP contribution in [0.1, 0.15) is 16.1 Å². The molecule has 0 unspecified atom stereocenters. The summed E-state index contributed by atoms with van der Waals surface area (Å²) in [6.07, 6.45) is 1.69. The first-order chi connectivity index (χ1) is 8.68. The second-order valence-electron chi connectivity index (χ2n) is 3.64. The van der Waals surface area contributed by atoms with E-state index in [2.05, 4.69) is 10.3 Å². The number of aromatic carboxylic acids is 1. The highest BCUT2D eigenvalue weighted by Gasteiger charge is 2.13. The largest absolute Gasteiger partial charge is 0.478 e. The summed E-state index contributed by atoms with van der Waals surface area (Å²) >= 11 is 5.87. The first-order valence-electron chi connectivity index (χ1n) is 5.34. The highest BCUT2D eigenvalue weighted by atomic mass is 35.5. The fraction of sp³-hybridized carbons (Fsp3) is 0.0769. The van der Waals surface area contributed by atoms with Gasteiger partial charge in [-0.3, -0.25) is 4.98 Å². The predicted molar refractivity (Wildman–Crippen MR) is 70.0 cm³/mol. The fourth-order valence-corrected chi connectivity index (χ4v) is 1.83. The summed E-state index contributed by atoms with van der Waals surface area (Å²) in [4.78, 5) is 15.3. The molecule has 4 nitrogen and oxygen atoms in total. The molecular formula is C13H11ClN2O2. The molecule has 0 spiro atoms. The van der Waals surface area contributed by atoms with E-state index >= 15 is 0 Å². The molecule has 92 valence electrons. The van der Waals surface area contributed by atoms with E-state index in [0.29, 0.717) is 12.2 Å². The van der Waals surface area contributed by atoms with E-state index in [1.54, 1.807) is 24.4 Å². The van der Waals surface area contributed by atoms with Crippen molar-refractivity contribution in [3.05, 3.63) is 58.9 Å². The Morgan fingerprint density at radius 1 is 1.28 bits per heavy atom.